The number of aromatic hydroxyl groups is 1. The lowest BCUT2D eigenvalue weighted by atomic mass is 9.99. The summed E-state index contributed by atoms with van der Waals surface area (Å²) in [6.07, 6.45) is 14.7. The van der Waals surface area contributed by atoms with Gasteiger partial charge in [-0.3, -0.25) is 0 Å². The Kier molecular flexibility index (Phi) is 11.2. The minimum atomic E-state index is 0.396. The zero-order chi connectivity index (χ0) is 21.8. The van der Waals surface area contributed by atoms with E-state index in [0.29, 0.717) is 5.75 Å². The molecule has 1 rings (SSSR count). The third-order valence-electron chi connectivity index (χ3n) is 5.00. The van der Waals surface area contributed by atoms with Gasteiger partial charge in [-0.15, -0.1) is 0 Å². The second-order valence-electron chi connectivity index (χ2n) is 8.44. The first-order valence-corrected chi connectivity index (χ1v) is 10.7. The van der Waals surface area contributed by atoms with Crippen molar-refractivity contribution in [2.24, 2.45) is 0 Å². The lowest BCUT2D eigenvalue weighted by Gasteiger charge is -2.12. The van der Waals surface area contributed by atoms with Crippen LogP contribution in [-0.2, 0) is 12.8 Å². The minimum absolute atomic E-state index is 0.396. The maximum absolute atomic E-state index is 10.8. The first-order chi connectivity index (χ1) is 13.7. The van der Waals surface area contributed by atoms with Gasteiger partial charge in [-0.05, 0) is 92.2 Å². The van der Waals surface area contributed by atoms with E-state index in [0.717, 1.165) is 55.4 Å². The molecule has 0 radical (unpaired) electrons. The third-order valence-corrected chi connectivity index (χ3v) is 5.00. The van der Waals surface area contributed by atoms with Gasteiger partial charge in [-0.25, -0.2) is 0 Å². The summed E-state index contributed by atoms with van der Waals surface area (Å²) in [5, 5.41) is 10.8. The molecule has 0 heterocycles. The molecule has 0 unspecified atom stereocenters. The molecule has 0 spiro atoms. The van der Waals surface area contributed by atoms with Gasteiger partial charge in [0, 0.05) is 11.1 Å². The van der Waals surface area contributed by atoms with Crippen molar-refractivity contribution in [2.45, 2.75) is 80.1 Å². The molecular formula is C27H40O2. The van der Waals surface area contributed by atoms with E-state index in [4.69, 9.17) is 4.74 Å². The summed E-state index contributed by atoms with van der Waals surface area (Å²) in [6, 6.07) is 3.90. The summed E-state index contributed by atoms with van der Waals surface area (Å²) in [4.78, 5) is 0. The molecule has 0 atom stereocenters. The number of benzene rings is 1. The summed E-state index contributed by atoms with van der Waals surface area (Å²) in [6.45, 7) is 12.9. The van der Waals surface area contributed by atoms with Gasteiger partial charge in [0.05, 0.1) is 7.11 Å². The molecule has 0 aromatic heterocycles. The third kappa shape index (κ3) is 10.2. The average molecular weight is 397 g/mol. The molecule has 0 aliphatic carbocycles. The minimum Gasteiger partial charge on any atom is -0.507 e. The van der Waals surface area contributed by atoms with E-state index in [1.807, 2.05) is 12.1 Å². The van der Waals surface area contributed by atoms with Crippen LogP contribution in [0.2, 0.25) is 0 Å². The number of phenols is 1. The van der Waals surface area contributed by atoms with Crippen molar-refractivity contribution in [1.29, 1.82) is 0 Å². The van der Waals surface area contributed by atoms with Crippen molar-refractivity contribution in [3.8, 4) is 11.5 Å². The van der Waals surface area contributed by atoms with Crippen LogP contribution >= 0.6 is 0 Å². The van der Waals surface area contributed by atoms with Crippen LogP contribution in [0, 0.1) is 0 Å². The highest BCUT2D eigenvalue weighted by Crippen LogP contribution is 2.30. The van der Waals surface area contributed by atoms with Gasteiger partial charge in [0.25, 0.3) is 0 Å². The fraction of sp³-hybridized carbons (Fsp3) is 0.481. The van der Waals surface area contributed by atoms with Gasteiger partial charge >= 0.3 is 0 Å². The average Bonchev–Trinajstić information content (AvgIpc) is 2.65. The van der Waals surface area contributed by atoms with Crippen molar-refractivity contribution in [1.82, 2.24) is 0 Å². The van der Waals surface area contributed by atoms with E-state index in [-0.39, 0.29) is 0 Å². The van der Waals surface area contributed by atoms with Gasteiger partial charge in [0.2, 0.25) is 0 Å². The summed E-state index contributed by atoms with van der Waals surface area (Å²) < 4.78 is 5.48. The van der Waals surface area contributed by atoms with Crippen LogP contribution < -0.4 is 4.74 Å². The van der Waals surface area contributed by atoms with Crippen LogP contribution in [0.3, 0.4) is 0 Å². The van der Waals surface area contributed by atoms with Crippen molar-refractivity contribution >= 4 is 0 Å². The fourth-order valence-corrected chi connectivity index (χ4v) is 3.11. The lowest BCUT2D eigenvalue weighted by molar-refractivity contribution is 0.409. The molecule has 0 bridgehead atoms. The highest BCUT2D eigenvalue weighted by Gasteiger charge is 2.09. The Balaban J connectivity index is 2.88. The second kappa shape index (κ2) is 13.1. The molecule has 2 heteroatoms. The Morgan fingerprint density at radius 1 is 0.759 bits per heavy atom. The van der Waals surface area contributed by atoms with Crippen LogP contribution in [0.4, 0.5) is 0 Å². The van der Waals surface area contributed by atoms with Gasteiger partial charge in [-0.1, -0.05) is 46.6 Å². The van der Waals surface area contributed by atoms with Crippen molar-refractivity contribution < 1.29 is 9.84 Å². The Bertz CT molecular complexity index is 707. The van der Waals surface area contributed by atoms with Crippen LogP contribution in [-0.4, -0.2) is 12.2 Å². The van der Waals surface area contributed by atoms with Crippen LogP contribution in [0.5, 0.6) is 11.5 Å². The van der Waals surface area contributed by atoms with Gasteiger partial charge in [0.15, 0.2) is 0 Å². The number of ether oxygens (including phenoxy) is 1. The second-order valence-corrected chi connectivity index (χ2v) is 8.44. The van der Waals surface area contributed by atoms with Gasteiger partial charge in [-0.2, -0.15) is 0 Å². The smallest absolute Gasteiger partial charge is 0.122 e. The SMILES string of the molecule is COc1cc(C/C=C(\C)CCC=C(C)C)c(O)c(C/C=C(\C)CCC=C(C)C)c1. The highest BCUT2D eigenvalue weighted by atomic mass is 16.5. The van der Waals surface area contributed by atoms with Crippen molar-refractivity contribution in [3.05, 3.63) is 69.9 Å². The quantitative estimate of drug-likeness (QED) is 0.386. The highest BCUT2D eigenvalue weighted by molar-refractivity contribution is 5.48. The topological polar surface area (TPSA) is 29.5 Å². The number of allylic oxidation sites excluding steroid dienone is 8. The van der Waals surface area contributed by atoms with Crippen molar-refractivity contribution in [2.75, 3.05) is 7.11 Å². The number of rotatable bonds is 11. The molecule has 0 saturated carbocycles. The zero-order valence-electron chi connectivity index (χ0n) is 19.6. The van der Waals surface area contributed by atoms with E-state index in [2.05, 4.69) is 65.8 Å². The summed E-state index contributed by atoms with van der Waals surface area (Å²) in [7, 11) is 1.68. The number of phenolic OH excluding ortho intramolecular Hbond substituents is 1. The van der Waals surface area contributed by atoms with Gasteiger partial charge < -0.3 is 9.84 Å². The Labute approximate surface area is 178 Å². The van der Waals surface area contributed by atoms with E-state index >= 15 is 0 Å². The van der Waals surface area contributed by atoms with Gasteiger partial charge in [0.1, 0.15) is 11.5 Å². The van der Waals surface area contributed by atoms with E-state index in [1.165, 1.54) is 22.3 Å². The molecule has 0 saturated heterocycles. The Hall–Kier alpha value is -2.22. The molecule has 160 valence electrons. The number of methoxy groups -OCH3 is 1. The predicted molar refractivity (Wildman–Crippen MR) is 127 cm³/mol. The lowest BCUT2D eigenvalue weighted by Crippen LogP contribution is -1.94. The monoisotopic (exact) mass is 396 g/mol. The maximum atomic E-state index is 10.8. The maximum Gasteiger partial charge on any atom is 0.122 e. The molecule has 0 aliphatic rings. The van der Waals surface area contributed by atoms with Crippen LogP contribution in [0.25, 0.3) is 0 Å². The fourth-order valence-electron chi connectivity index (χ4n) is 3.11. The molecule has 29 heavy (non-hydrogen) atoms. The van der Waals surface area contributed by atoms with E-state index in [1.54, 1.807) is 7.11 Å². The van der Waals surface area contributed by atoms with E-state index < -0.39 is 0 Å². The van der Waals surface area contributed by atoms with Crippen LogP contribution in [0.1, 0.15) is 78.4 Å². The van der Waals surface area contributed by atoms with E-state index in [9.17, 15) is 5.11 Å². The molecule has 0 aliphatic heterocycles. The molecule has 2 nitrogen and oxygen atoms in total. The zero-order valence-corrected chi connectivity index (χ0v) is 19.6. The molecule has 0 amide bonds. The van der Waals surface area contributed by atoms with Crippen LogP contribution in [0.15, 0.2) is 58.7 Å². The summed E-state index contributed by atoms with van der Waals surface area (Å²) in [5.74, 6) is 1.20. The first-order valence-electron chi connectivity index (χ1n) is 10.7. The molecule has 0 fully saturated rings. The molecule has 1 N–H and O–H groups in total. The predicted octanol–water partition coefficient (Wildman–Crippen LogP) is 7.87. The standard InChI is InChI=1S/C27H40O2/c1-20(2)10-8-12-22(5)14-16-24-18-26(29-7)19-25(27(24)28)17-15-23(6)13-9-11-21(3)4/h10-11,14-15,18-19,28H,8-9,12-13,16-17H2,1-7H3/b22-14+,23-15+. The largest absolute Gasteiger partial charge is 0.507 e. The summed E-state index contributed by atoms with van der Waals surface area (Å²) >= 11 is 0. The molecular weight excluding hydrogens is 356 g/mol. The normalized spacial score (nSPS) is 12.0. The number of hydrogen-bond acceptors (Lipinski definition) is 2. The summed E-state index contributed by atoms with van der Waals surface area (Å²) in [5.41, 5.74) is 7.27. The Morgan fingerprint density at radius 2 is 1.17 bits per heavy atom. The molecule has 1 aromatic rings. The number of hydrogen-bond donors (Lipinski definition) is 1. The molecule has 1 aromatic carbocycles. The van der Waals surface area contributed by atoms with Crippen molar-refractivity contribution in [3.63, 3.8) is 0 Å². The Morgan fingerprint density at radius 3 is 1.52 bits per heavy atom. The first kappa shape index (κ1) is 24.8.